The molecule has 3 fully saturated rings. The molecule has 116 heavy (non-hydrogen) atoms. The van der Waals surface area contributed by atoms with E-state index in [2.05, 4.69) is 40.9 Å². The molecule has 9 rings (SSSR count). The molecule has 2 saturated carbocycles. The van der Waals surface area contributed by atoms with Crippen molar-refractivity contribution in [1.82, 2.24) is 44.6 Å². The number of nitrogens with one attached hydrogen (secondary N) is 4. The van der Waals surface area contributed by atoms with Gasteiger partial charge in [0.1, 0.15) is 61.9 Å². The van der Waals surface area contributed by atoms with Crippen LogP contribution in [-0.2, 0) is 103 Å². The van der Waals surface area contributed by atoms with Crippen LogP contribution in [0.1, 0.15) is 79.1 Å². The summed E-state index contributed by atoms with van der Waals surface area (Å²) in [5.74, 6) is -6.42. The van der Waals surface area contributed by atoms with E-state index in [1.807, 2.05) is 9.47 Å². The van der Waals surface area contributed by atoms with Crippen LogP contribution in [0.5, 0.6) is 11.6 Å². The quantitative estimate of drug-likeness (QED) is 0.0149. The van der Waals surface area contributed by atoms with Crippen LogP contribution >= 0.6 is 17.7 Å². The predicted molar refractivity (Wildman–Crippen MR) is 405 cm³/mol. The Morgan fingerprint density at radius 1 is 0.724 bits per heavy atom. The number of aliphatic hydroxyl groups is 5. The van der Waals surface area contributed by atoms with Crippen molar-refractivity contribution in [2.24, 2.45) is 11.8 Å². The number of hydrogen-bond acceptors (Lipinski definition) is 33. The number of imide groups is 1. The molecule has 0 radical (unpaired) electrons. The number of nitrogens with zero attached hydrogens (tertiary/aromatic N) is 7. The lowest BCUT2D eigenvalue weighted by Crippen LogP contribution is -2.57. The summed E-state index contributed by atoms with van der Waals surface area (Å²) in [5, 5.41) is 72.4. The number of aromatic amines is 1. The normalized spacial score (nSPS) is 22.0. The third kappa shape index (κ3) is 28.3. The Morgan fingerprint density at radius 3 is 2.05 bits per heavy atom. The fourth-order valence-electron chi connectivity index (χ4n) is 12.6. The molecule has 6 amide bonds. The van der Waals surface area contributed by atoms with Gasteiger partial charge in [-0.25, -0.2) is 19.7 Å². The van der Waals surface area contributed by atoms with Gasteiger partial charge in [-0.15, -0.1) is 9.05 Å². The number of aliphatic carboxylic acids is 1. The van der Waals surface area contributed by atoms with Gasteiger partial charge in [0.05, 0.1) is 136 Å². The number of anilines is 2. The largest absolute Gasteiger partial charge is 0.697 e. The molecule has 4 aliphatic rings. The van der Waals surface area contributed by atoms with Crippen LogP contribution in [0.4, 0.5) is 16.4 Å². The third-order valence-electron chi connectivity index (χ3n) is 18.7. The van der Waals surface area contributed by atoms with Gasteiger partial charge in [0.25, 0.3) is 23.3 Å². The van der Waals surface area contributed by atoms with E-state index in [1.165, 1.54) is 64.7 Å². The summed E-state index contributed by atoms with van der Waals surface area (Å²) >= 11 is 0. The average Bonchev–Trinajstić information content (AvgIpc) is 1.60. The molecule has 1 saturated heterocycles. The summed E-state index contributed by atoms with van der Waals surface area (Å²) in [6.45, 7) is 3.43. The number of aromatic nitrogens is 6. The van der Waals surface area contributed by atoms with Crippen molar-refractivity contribution in [3.05, 3.63) is 107 Å². The van der Waals surface area contributed by atoms with Crippen molar-refractivity contribution in [3.8, 4) is 11.6 Å². The number of H-pyrrole nitrogens is 1. The number of methoxy groups -OCH3 is 1. The first-order valence-electron chi connectivity index (χ1n) is 37.7. The number of amides is 6. The zero-order chi connectivity index (χ0) is 82.7. The van der Waals surface area contributed by atoms with Gasteiger partial charge in [0.15, 0.2) is 23.5 Å². The van der Waals surface area contributed by atoms with Crippen LogP contribution in [0.25, 0.3) is 11.2 Å². The molecular formula is C73H100N11O30P2+. The molecule has 2 unspecified atom stereocenters. The van der Waals surface area contributed by atoms with Crippen molar-refractivity contribution in [1.29, 1.82) is 0 Å². The van der Waals surface area contributed by atoms with Crippen LogP contribution in [0.15, 0.2) is 84.3 Å². The molecule has 636 valence electrons. The summed E-state index contributed by atoms with van der Waals surface area (Å²) in [6.07, 6.45) is -6.99. The molecule has 5 heterocycles. The van der Waals surface area contributed by atoms with Gasteiger partial charge in [-0.05, 0) is 48.6 Å². The van der Waals surface area contributed by atoms with Crippen LogP contribution in [0.2, 0.25) is 0 Å². The molecule has 5 aromatic rings. The first-order valence-corrected chi connectivity index (χ1v) is 39.3. The average molecular weight is 1670 g/mol. The highest BCUT2D eigenvalue weighted by Gasteiger charge is 2.52. The number of aliphatic hydroxyl groups excluding tert-OH is 5. The predicted octanol–water partition coefficient (Wildman–Crippen LogP) is 1.27. The van der Waals surface area contributed by atoms with Crippen molar-refractivity contribution in [2.75, 3.05) is 150 Å². The van der Waals surface area contributed by atoms with Gasteiger partial charge in [-0.3, -0.25) is 53.3 Å². The number of unbranched alkanes of at least 4 members (excludes halogenated alkanes) is 2. The minimum atomic E-state index is -3.02. The topological polar surface area (TPSA) is 528 Å². The second kappa shape index (κ2) is 48.3. The van der Waals surface area contributed by atoms with E-state index in [9.17, 15) is 73.6 Å². The van der Waals surface area contributed by atoms with Gasteiger partial charge in [0, 0.05) is 109 Å². The number of ether oxygens (including phenoxy) is 12. The van der Waals surface area contributed by atoms with Gasteiger partial charge < -0.3 is 108 Å². The molecule has 10 N–H and O–H groups in total. The standard InChI is InChI=1S/C73H99N11O30P2/c1-100-21-22-102-25-26-104-29-30-106-33-34-107-32-31-105-28-27-103-24-23-101-20-19-82(73(98)108-40-45-10-11-53(112-54-38-50(71(96)97)62(90)65(93)63(54)91)51(35-45)78-57(87)14-17-75-56(86)9-3-2-6-18-83-59(88)12-13-60(83)89)39-46-7-4-5-8-49(46)68(94)80-72-79-67-61(69(95)81-72)77-44-84(67)70-66(64(92)55(113-70)42-109-115)114-116(99)110-41-47-36-48(37-52(47)85)111-58-15-16-74-43-76-58/h4-5,7-8,10-13,15-16,35,43-44,47-48,50,52,54-55,62-66,70,85,90-93H,2-3,6,9,14,17-34,36-42,115H2,1H3,(H4-,75,78,79,80,81,86,87,94,95,96,97)/p+1/t47-,48-,50+,52+,54-,55-,62-,63+,64-,65+,66-,70-/m1/s1. The lowest BCUT2D eigenvalue weighted by atomic mass is 9.80. The molecule has 2 aromatic carbocycles. The van der Waals surface area contributed by atoms with E-state index in [1.54, 1.807) is 31.4 Å². The Hall–Kier alpha value is -8.65. The highest BCUT2D eigenvalue weighted by molar-refractivity contribution is 7.33. The number of hydrogen-bond donors (Lipinski definition) is 10. The van der Waals surface area contributed by atoms with Crippen molar-refractivity contribution < 1.29 is 139 Å². The second-order valence-electron chi connectivity index (χ2n) is 26.9. The molecular weight excluding hydrogens is 1570 g/mol. The van der Waals surface area contributed by atoms with E-state index in [0.717, 1.165) is 4.90 Å². The first-order chi connectivity index (χ1) is 56.2. The smallest absolute Gasteiger partial charge is 0.485 e. The van der Waals surface area contributed by atoms with E-state index >= 15 is 0 Å². The van der Waals surface area contributed by atoms with Gasteiger partial charge in [-0.2, -0.15) is 4.98 Å². The van der Waals surface area contributed by atoms with E-state index in [0.29, 0.717) is 97.6 Å². The number of carboxylic acids is 1. The highest BCUT2D eigenvalue weighted by Crippen LogP contribution is 2.42. The van der Waals surface area contributed by atoms with Crippen molar-refractivity contribution >= 4 is 82.1 Å². The maximum absolute atomic E-state index is 14.5. The second-order valence-corrected chi connectivity index (χ2v) is 28.2. The summed E-state index contributed by atoms with van der Waals surface area (Å²) in [4.78, 5) is 127. The molecule has 41 nitrogen and oxygen atoms in total. The van der Waals surface area contributed by atoms with E-state index < -0.39 is 141 Å². The number of benzene rings is 2. The number of fused-ring (bicyclic) bond motifs is 1. The monoisotopic (exact) mass is 1670 g/mol. The minimum Gasteiger partial charge on any atom is -0.485 e. The Bertz CT molecular complexity index is 4060. The van der Waals surface area contributed by atoms with E-state index in [4.69, 9.17) is 70.4 Å². The van der Waals surface area contributed by atoms with Crippen molar-refractivity contribution in [3.63, 3.8) is 0 Å². The van der Waals surface area contributed by atoms with Crippen molar-refractivity contribution in [2.45, 2.75) is 126 Å². The van der Waals surface area contributed by atoms with Crippen LogP contribution in [0, 0.1) is 11.8 Å². The Morgan fingerprint density at radius 2 is 1.40 bits per heavy atom. The van der Waals surface area contributed by atoms with E-state index in [-0.39, 0.29) is 137 Å². The Kier molecular flexibility index (Phi) is 38.0. The zero-order valence-corrected chi connectivity index (χ0v) is 65.8. The number of carboxylic acid groups (broad SMARTS) is 1. The first kappa shape index (κ1) is 91.3. The summed E-state index contributed by atoms with van der Waals surface area (Å²) < 4.78 is 99.5. The fraction of sp³-hybridized carbons (Fsp3) is 0.589. The molecule has 43 heteroatoms. The molecule has 2 aliphatic heterocycles. The molecule has 0 spiro atoms. The van der Waals surface area contributed by atoms with Crippen LogP contribution in [-0.4, -0.2) is 306 Å². The summed E-state index contributed by atoms with van der Waals surface area (Å²) in [6, 6.07) is 11.9. The lowest BCUT2D eigenvalue weighted by Gasteiger charge is -2.38. The molecule has 0 bridgehead atoms. The zero-order valence-electron chi connectivity index (χ0n) is 63.8. The SMILES string of the molecule is COCCOCCOCCOCCOCCOCCOCCOCCN(Cc1ccccc1C(=O)Nc1nc2c(ncn2[C@@H]2O[C@H](COP)[C@@H](O)[C@H]2O[P+](=O)OC[C@H]2C[C@@H](Oc3ccncn3)C[C@@H]2O)c(=O)[nH]1)C(=O)OCc1ccc(O[C@@H]2C[C@H](C(=O)O)[C@@H](O)[C@H](O)[C@H]2O)c(NC(=O)CCNC(=O)CCCCCN2C(=O)C=CC2=O)c1. The number of carbonyl (C=O) groups is 7. The number of imidazole rings is 1. The van der Waals surface area contributed by atoms with Crippen LogP contribution in [0.3, 0.4) is 0 Å². The summed E-state index contributed by atoms with van der Waals surface area (Å²) in [5.41, 5.74) is -0.837. The third-order valence-corrected chi connectivity index (χ3v) is 19.7. The maximum Gasteiger partial charge on any atom is 0.697 e. The lowest BCUT2D eigenvalue weighted by molar-refractivity contribution is -0.174. The molecule has 14 atom stereocenters. The van der Waals surface area contributed by atoms with Gasteiger partial charge in [0.2, 0.25) is 23.6 Å². The summed E-state index contributed by atoms with van der Waals surface area (Å²) in [7, 11) is 0.625. The van der Waals surface area contributed by atoms with Gasteiger partial charge >= 0.3 is 20.3 Å². The van der Waals surface area contributed by atoms with Crippen LogP contribution < -0.4 is 31.0 Å². The number of rotatable bonds is 53. The minimum absolute atomic E-state index is 0.0119. The highest BCUT2D eigenvalue weighted by atomic mass is 31.1. The Balaban J connectivity index is 0.841. The molecule has 3 aromatic heterocycles. The fourth-order valence-corrected chi connectivity index (χ4v) is 13.6. The molecule has 2 aliphatic carbocycles. The maximum atomic E-state index is 14.5. The van der Waals surface area contributed by atoms with Gasteiger partial charge in [-0.1, -0.05) is 30.7 Å². The number of carbonyl (C=O) groups excluding carboxylic acids is 6. The Labute approximate surface area is 668 Å².